The van der Waals surface area contributed by atoms with Gasteiger partial charge in [-0.3, -0.25) is 14.5 Å². The van der Waals surface area contributed by atoms with Crippen LogP contribution in [-0.4, -0.2) is 73.4 Å². The Bertz CT molecular complexity index is 1750. The van der Waals surface area contributed by atoms with E-state index < -0.39 is 17.6 Å². The molecule has 15 heteroatoms. The molecule has 0 unspecified atom stereocenters. The summed E-state index contributed by atoms with van der Waals surface area (Å²) >= 11 is 6.73. The summed E-state index contributed by atoms with van der Waals surface area (Å²) in [5.41, 5.74) is 1.16. The Balaban J connectivity index is 1.50. The van der Waals surface area contributed by atoms with E-state index in [1.54, 1.807) is 57.8 Å². The van der Waals surface area contributed by atoms with Gasteiger partial charge < -0.3 is 34.0 Å². The van der Waals surface area contributed by atoms with Crippen LogP contribution in [0.1, 0.15) is 26.3 Å². The molecule has 4 heterocycles. The number of nitrogens with zero attached hydrogens (tertiary/aromatic N) is 6. The number of hydrogen-bond donors (Lipinski definition) is 2. The van der Waals surface area contributed by atoms with Crippen molar-refractivity contribution in [2.24, 2.45) is 14.1 Å². The van der Waals surface area contributed by atoms with Gasteiger partial charge in [-0.15, -0.1) is 0 Å². The number of carbonyl (C=O) groups excluding carboxylic acids is 2. The van der Waals surface area contributed by atoms with Crippen molar-refractivity contribution in [2.45, 2.75) is 33.3 Å². The number of aryl methyl sites for hydroxylation is 3. The Hall–Kier alpha value is -4.69. The van der Waals surface area contributed by atoms with Gasteiger partial charge in [-0.1, -0.05) is 11.6 Å². The first-order chi connectivity index (χ1) is 20.8. The minimum absolute atomic E-state index is 0.163. The first-order valence-corrected chi connectivity index (χ1v) is 14.0. The van der Waals surface area contributed by atoms with Gasteiger partial charge in [0.1, 0.15) is 39.9 Å². The summed E-state index contributed by atoms with van der Waals surface area (Å²) in [6.07, 6.45) is 3.99. The summed E-state index contributed by atoms with van der Waals surface area (Å²) in [5.74, 6) is 0.635. The van der Waals surface area contributed by atoms with Gasteiger partial charge in [-0.2, -0.15) is 4.98 Å². The third-order valence-electron chi connectivity index (χ3n) is 6.15. The molecular weight excluding hydrogens is 592 g/mol. The molecule has 14 nitrogen and oxygen atoms in total. The van der Waals surface area contributed by atoms with Crippen LogP contribution in [0, 0.1) is 6.92 Å². The smallest absolute Gasteiger partial charge is 0.410 e. The van der Waals surface area contributed by atoms with Crippen molar-refractivity contribution in [3.8, 4) is 11.5 Å². The summed E-state index contributed by atoms with van der Waals surface area (Å²) in [6.45, 7) is 7.23. The maximum atomic E-state index is 12.8. The Morgan fingerprint density at radius 1 is 1.16 bits per heavy atom. The number of aromatic nitrogens is 5. The molecule has 0 atom stereocenters. The van der Waals surface area contributed by atoms with Gasteiger partial charge in [-0.05, 0) is 45.4 Å². The van der Waals surface area contributed by atoms with Crippen LogP contribution < -0.4 is 20.9 Å². The van der Waals surface area contributed by atoms with Gasteiger partial charge >= 0.3 is 6.09 Å². The van der Waals surface area contributed by atoms with Crippen LogP contribution in [-0.2, 0) is 28.4 Å². The first-order valence-electron chi connectivity index (χ1n) is 13.6. The highest BCUT2D eigenvalue weighted by molar-refractivity contribution is 6.36. The van der Waals surface area contributed by atoms with E-state index >= 15 is 0 Å². The molecule has 234 valence electrons. The number of amides is 2. The van der Waals surface area contributed by atoms with Crippen molar-refractivity contribution in [1.82, 2.24) is 29.0 Å². The fourth-order valence-corrected chi connectivity index (χ4v) is 4.47. The van der Waals surface area contributed by atoms with Crippen molar-refractivity contribution < 1.29 is 23.8 Å². The molecule has 2 amide bonds. The second-order valence-corrected chi connectivity index (χ2v) is 11.4. The molecule has 0 saturated heterocycles. The monoisotopic (exact) mass is 626 g/mol. The Morgan fingerprint density at radius 2 is 1.91 bits per heavy atom. The minimum Gasteiger partial charge on any atom is -0.454 e. The minimum atomic E-state index is -0.724. The van der Waals surface area contributed by atoms with E-state index in [1.807, 2.05) is 6.92 Å². The molecule has 0 aliphatic heterocycles. The number of imidazole rings is 1. The van der Waals surface area contributed by atoms with Crippen LogP contribution in [0.2, 0.25) is 5.02 Å². The molecule has 4 aromatic rings. The van der Waals surface area contributed by atoms with Gasteiger partial charge in [0.15, 0.2) is 11.4 Å². The highest BCUT2D eigenvalue weighted by Gasteiger charge is 2.24. The van der Waals surface area contributed by atoms with Crippen molar-refractivity contribution >= 4 is 52.2 Å². The van der Waals surface area contributed by atoms with Gasteiger partial charge in [0.05, 0.1) is 12.8 Å². The Labute approximate surface area is 258 Å². The Morgan fingerprint density at radius 3 is 2.61 bits per heavy atom. The second kappa shape index (κ2) is 13.3. The SMILES string of the molecule is COCCN(CC(=O)Nc1cc(Oc2cnc3nc(Nc4cc(C)cn(C)c4=O)n(C)c3c2Cl)ccn1)C(=O)OC(C)(C)C. The van der Waals surface area contributed by atoms with Crippen molar-refractivity contribution in [3.63, 3.8) is 0 Å². The molecule has 4 rings (SSSR count). The average molecular weight is 627 g/mol. The van der Waals surface area contributed by atoms with E-state index in [1.165, 1.54) is 35.0 Å². The molecule has 0 aliphatic rings. The maximum Gasteiger partial charge on any atom is 0.410 e. The number of halogens is 1. The summed E-state index contributed by atoms with van der Waals surface area (Å²) in [5, 5.41) is 5.97. The summed E-state index contributed by atoms with van der Waals surface area (Å²) < 4.78 is 19.6. The third-order valence-corrected chi connectivity index (χ3v) is 6.52. The molecule has 0 saturated carbocycles. The molecule has 0 bridgehead atoms. The van der Waals surface area contributed by atoms with Crippen molar-refractivity contribution in [1.29, 1.82) is 0 Å². The van der Waals surface area contributed by atoms with Gasteiger partial charge in [0.25, 0.3) is 5.56 Å². The zero-order valence-electron chi connectivity index (χ0n) is 25.6. The molecule has 0 spiro atoms. The summed E-state index contributed by atoms with van der Waals surface area (Å²) in [6, 6.07) is 4.83. The number of fused-ring (bicyclic) bond motifs is 1. The lowest BCUT2D eigenvalue weighted by atomic mass is 10.2. The Kier molecular flexibility index (Phi) is 9.75. The van der Waals surface area contributed by atoms with E-state index in [9.17, 15) is 14.4 Å². The lowest BCUT2D eigenvalue weighted by Crippen LogP contribution is -2.42. The average Bonchev–Trinajstić information content (AvgIpc) is 3.25. The largest absolute Gasteiger partial charge is 0.454 e. The van der Waals surface area contributed by atoms with Crippen molar-refractivity contribution in [3.05, 3.63) is 57.7 Å². The van der Waals surface area contributed by atoms with E-state index in [0.29, 0.717) is 28.5 Å². The lowest BCUT2D eigenvalue weighted by Gasteiger charge is -2.26. The number of hydrogen-bond acceptors (Lipinski definition) is 10. The predicted octanol–water partition coefficient (Wildman–Crippen LogP) is 4.38. The van der Waals surface area contributed by atoms with Crippen molar-refractivity contribution in [2.75, 3.05) is 37.4 Å². The zero-order valence-corrected chi connectivity index (χ0v) is 26.4. The van der Waals surface area contributed by atoms with Crippen LogP contribution in [0.5, 0.6) is 11.5 Å². The maximum absolute atomic E-state index is 12.8. The number of methoxy groups -OCH3 is 1. The quantitative estimate of drug-likeness (QED) is 0.259. The molecule has 0 aliphatic carbocycles. The number of pyridine rings is 3. The van der Waals surface area contributed by atoms with Crippen LogP contribution in [0.25, 0.3) is 11.2 Å². The molecule has 0 fully saturated rings. The standard InChI is InChI=1S/C29H35ClN8O6/c1-17-12-19(26(40)36(5)15-17)33-27-35-25-24(37(27)6)23(30)20(14-32-25)43-18-8-9-31-21(13-18)34-22(39)16-38(10-11-42-7)28(41)44-29(2,3)4/h8-9,12-15H,10-11,16H2,1-7H3,(H,31,34,39)(H,32,33,35). The molecule has 0 aromatic carbocycles. The number of carbonyl (C=O) groups is 2. The molecule has 2 N–H and O–H groups in total. The van der Waals surface area contributed by atoms with Crippen LogP contribution in [0.4, 0.5) is 22.2 Å². The van der Waals surface area contributed by atoms with Crippen LogP contribution in [0.3, 0.4) is 0 Å². The highest BCUT2D eigenvalue weighted by Crippen LogP contribution is 2.35. The molecular formula is C29H35ClN8O6. The second-order valence-electron chi connectivity index (χ2n) is 11.0. The fourth-order valence-electron chi connectivity index (χ4n) is 4.17. The predicted molar refractivity (Wildman–Crippen MR) is 166 cm³/mol. The van der Waals surface area contributed by atoms with Crippen LogP contribution >= 0.6 is 11.6 Å². The summed E-state index contributed by atoms with van der Waals surface area (Å²) in [4.78, 5) is 52.3. The van der Waals surface area contributed by atoms with E-state index in [0.717, 1.165) is 5.56 Å². The lowest BCUT2D eigenvalue weighted by molar-refractivity contribution is -0.117. The number of rotatable bonds is 10. The van der Waals surface area contributed by atoms with Crippen LogP contribution in [0.15, 0.2) is 41.6 Å². The molecule has 4 aromatic heterocycles. The number of nitrogens with one attached hydrogen (secondary N) is 2. The first kappa shape index (κ1) is 32.2. The van der Waals surface area contributed by atoms with E-state index in [-0.39, 0.29) is 41.8 Å². The highest BCUT2D eigenvalue weighted by atomic mass is 35.5. The molecule has 44 heavy (non-hydrogen) atoms. The topological polar surface area (TPSA) is 155 Å². The van der Waals surface area contributed by atoms with E-state index in [2.05, 4.69) is 25.6 Å². The van der Waals surface area contributed by atoms with Gasteiger partial charge in [-0.25, -0.2) is 14.8 Å². The third kappa shape index (κ3) is 7.82. The normalized spacial score (nSPS) is 11.4. The molecule has 0 radical (unpaired) electrons. The number of anilines is 3. The fraction of sp³-hybridized carbons (Fsp3) is 0.379. The van der Waals surface area contributed by atoms with Gasteiger partial charge in [0, 0.05) is 46.2 Å². The summed E-state index contributed by atoms with van der Waals surface area (Å²) in [7, 11) is 4.92. The zero-order chi connectivity index (χ0) is 32.2. The van der Waals surface area contributed by atoms with Gasteiger partial charge in [0.2, 0.25) is 11.9 Å². The van der Waals surface area contributed by atoms with E-state index in [4.69, 9.17) is 25.8 Å². The number of ether oxygens (including phenoxy) is 3.